The molecule has 0 aliphatic rings. The van der Waals surface area contributed by atoms with Crippen LogP contribution in [0.5, 0.6) is 0 Å². The highest BCUT2D eigenvalue weighted by Crippen LogP contribution is 2.13. The lowest BCUT2D eigenvalue weighted by atomic mass is 10.2. The summed E-state index contributed by atoms with van der Waals surface area (Å²) >= 11 is 4.51. The van der Waals surface area contributed by atoms with E-state index >= 15 is 0 Å². The Labute approximate surface area is 98.0 Å². The molecular formula is C10H11N3O2S. The van der Waals surface area contributed by atoms with Gasteiger partial charge in [0.25, 0.3) is 5.91 Å². The van der Waals surface area contributed by atoms with Crippen molar-refractivity contribution in [1.82, 2.24) is 0 Å². The second kappa shape index (κ2) is 5.22. The lowest BCUT2D eigenvalue weighted by Crippen LogP contribution is -2.27. The first-order valence-corrected chi connectivity index (χ1v) is 4.88. The maximum absolute atomic E-state index is 11.1. The lowest BCUT2D eigenvalue weighted by Gasteiger charge is -2.05. The number of nitrogens with one attached hydrogen (secondary N) is 2. The van der Waals surface area contributed by atoms with Crippen LogP contribution in [-0.4, -0.2) is 16.8 Å². The van der Waals surface area contributed by atoms with Crippen molar-refractivity contribution in [3.8, 4) is 0 Å². The molecule has 6 heteroatoms. The monoisotopic (exact) mass is 237 g/mol. The maximum atomic E-state index is 11.1. The Hall–Kier alpha value is -1.95. The molecule has 16 heavy (non-hydrogen) atoms. The van der Waals surface area contributed by atoms with Crippen molar-refractivity contribution in [3.63, 3.8) is 0 Å². The summed E-state index contributed by atoms with van der Waals surface area (Å²) in [5.74, 6) is -0.665. The van der Waals surface area contributed by atoms with Gasteiger partial charge >= 0.3 is 0 Å². The molecule has 0 radical (unpaired) electrons. The SMILES string of the molecule is CC(=O)Nc1ccc(NC(=O)C(N)=S)cc1. The van der Waals surface area contributed by atoms with Gasteiger partial charge in [-0.15, -0.1) is 0 Å². The van der Waals surface area contributed by atoms with E-state index in [-0.39, 0.29) is 10.9 Å². The third-order valence-corrected chi connectivity index (χ3v) is 1.87. The predicted octanol–water partition coefficient (Wildman–Crippen LogP) is 0.870. The van der Waals surface area contributed by atoms with E-state index in [1.54, 1.807) is 24.3 Å². The average Bonchev–Trinajstić information content (AvgIpc) is 2.20. The van der Waals surface area contributed by atoms with Crippen LogP contribution in [0.25, 0.3) is 0 Å². The minimum Gasteiger partial charge on any atom is -0.385 e. The molecular weight excluding hydrogens is 226 g/mol. The van der Waals surface area contributed by atoms with E-state index in [4.69, 9.17) is 5.73 Å². The first-order valence-electron chi connectivity index (χ1n) is 4.47. The van der Waals surface area contributed by atoms with Crippen molar-refractivity contribution in [1.29, 1.82) is 0 Å². The fourth-order valence-corrected chi connectivity index (χ4v) is 1.08. The van der Waals surface area contributed by atoms with Crippen molar-refractivity contribution in [2.45, 2.75) is 6.92 Å². The molecule has 0 aromatic heterocycles. The minimum absolute atomic E-state index is 0.153. The number of hydrogen-bond acceptors (Lipinski definition) is 3. The van der Waals surface area contributed by atoms with Gasteiger partial charge in [0.2, 0.25) is 5.91 Å². The van der Waals surface area contributed by atoms with E-state index in [2.05, 4.69) is 22.9 Å². The molecule has 0 saturated heterocycles. The van der Waals surface area contributed by atoms with Crippen molar-refractivity contribution in [2.24, 2.45) is 5.73 Å². The molecule has 2 amide bonds. The van der Waals surface area contributed by atoms with Gasteiger partial charge in [0.05, 0.1) is 0 Å². The van der Waals surface area contributed by atoms with Gasteiger partial charge < -0.3 is 16.4 Å². The summed E-state index contributed by atoms with van der Waals surface area (Å²) in [6, 6.07) is 6.61. The normalized spacial score (nSPS) is 9.31. The molecule has 1 rings (SSSR count). The Morgan fingerprint density at radius 2 is 1.56 bits per heavy atom. The molecule has 0 aliphatic heterocycles. The Bertz CT molecular complexity index is 428. The molecule has 1 aromatic rings. The summed E-state index contributed by atoms with van der Waals surface area (Å²) in [5, 5.41) is 5.11. The topological polar surface area (TPSA) is 84.2 Å². The van der Waals surface area contributed by atoms with Gasteiger partial charge in [-0.2, -0.15) is 0 Å². The molecule has 0 bridgehead atoms. The summed E-state index contributed by atoms with van der Waals surface area (Å²) in [5.41, 5.74) is 6.36. The number of benzene rings is 1. The van der Waals surface area contributed by atoms with E-state index in [0.29, 0.717) is 11.4 Å². The van der Waals surface area contributed by atoms with Crippen LogP contribution in [0.4, 0.5) is 11.4 Å². The second-order valence-corrected chi connectivity index (χ2v) is 3.52. The largest absolute Gasteiger partial charge is 0.385 e. The fraction of sp³-hybridized carbons (Fsp3) is 0.100. The van der Waals surface area contributed by atoms with Gasteiger partial charge in [0.15, 0.2) is 4.99 Å². The van der Waals surface area contributed by atoms with E-state index < -0.39 is 5.91 Å². The number of anilines is 2. The minimum atomic E-state index is -0.512. The van der Waals surface area contributed by atoms with Gasteiger partial charge in [-0.05, 0) is 24.3 Å². The third kappa shape index (κ3) is 3.66. The Morgan fingerprint density at radius 3 is 1.94 bits per heavy atom. The Morgan fingerprint density at radius 1 is 1.12 bits per heavy atom. The maximum Gasteiger partial charge on any atom is 0.282 e. The molecule has 1 aromatic carbocycles. The highest BCUT2D eigenvalue weighted by molar-refractivity contribution is 7.82. The molecule has 5 nitrogen and oxygen atoms in total. The van der Waals surface area contributed by atoms with Crippen molar-refractivity contribution in [3.05, 3.63) is 24.3 Å². The molecule has 0 aliphatic carbocycles. The van der Waals surface area contributed by atoms with Crippen molar-refractivity contribution < 1.29 is 9.59 Å². The molecule has 0 fully saturated rings. The summed E-state index contributed by atoms with van der Waals surface area (Å²) in [4.78, 5) is 21.7. The number of rotatable bonds is 2. The molecule has 0 spiro atoms. The van der Waals surface area contributed by atoms with Crippen LogP contribution < -0.4 is 16.4 Å². The molecule has 0 heterocycles. The number of nitrogens with two attached hydrogens (primary N) is 1. The van der Waals surface area contributed by atoms with Gasteiger partial charge in [-0.1, -0.05) is 12.2 Å². The zero-order valence-corrected chi connectivity index (χ0v) is 9.43. The van der Waals surface area contributed by atoms with Gasteiger partial charge in [-0.25, -0.2) is 0 Å². The Balaban J connectivity index is 2.68. The zero-order chi connectivity index (χ0) is 12.1. The number of hydrogen-bond donors (Lipinski definition) is 3. The first kappa shape index (κ1) is 12.1. The summed E-state index contributed by atoms with van der Waals surface area (Å²) in [6.07, 6.45) is 0. The fourth-order valence-electron chi connectivity index (χ4n) is 1.03. The standard InChI is InChI=1S/C10H11N3O2S/c1-6(14)12-7-2-4-8(5-3-7)13-10(15)9(11)16/h2-5H,1H3,(H2,11,16)(H,12,14)(H,13,15). The molecule has 0 unspecified atom stereocenters. The van der Waals surface area contributed by atoms with E-state index in [9.17, 15) is 9.59 Å². The van der Waals surface area contributed by atoms with Crippen LogP contribution in [0, 0.1) is 0 Å². The highest BCUT2D eigenvalue weighted by atomic mass is 32.1. The molecule has 4 N–H and O–H groups in total. The quantitative estimate of drug-likeness (QED) is 0.666. The van der Waals surface area contributed by atoms with E-state index in [1.165, 1.54) is 6.92 Å². The summed E-state index contributed by atoms with van der Waals surface area (Å²) < 4.78 is 0. The number of thiocarbonyl (C=S) groups is 1. The smallest absolute Gasteiger partial charge is 0.282 e. The molecule has 0 saturated carbocycles. The first-order chi connectivity index (χ1) is 7.49. The van der Waals surface area contributed by atoms with Gasteiger partial charge in [0, 0.05) is 18.3 Å². The molecule has 0 atom stereocenters. The second-order valence-electron chi connectivity index (χ2n) is 3.08. The predicted molar refractivity (Wildman–Crippen MR) is 66.2 cm³/mol. The van der Waals surface area contributed by atoms with Crippen LogP contribution >= 0.6 is 12.2 Å². The van der Waals surface area contributed by atoms with Crippen LogP contribution in [0.2, 0.25) is 0 Å². The molecule has 84 valence electrons. The highest BCUT2D eigenvalue weighted by Gasteiger charge is 2.04. The number of carbonyl (C=O) groups is 2. The van der Waals surface area contributed by atoms with Crippen LogP contribution in [0.3, 0.4) is 0 Å². The third-order valence-electron chi connectivity index (χ3n) is 1.69. The summed E-state index contributed by atoms with van der Waals surface area (Å²) in [7, 11) is 0. The van der Waals surface area contributed by atoms with Gasteiger partial charge in [-0.3, -0.25) is 9.59 Å². The number of carbonyl (C=O) groups excluding carboxylic acids is 2. The number of amides is 2. The van der Waals surface area contributed by atoms with Crippen LogP contribution in [-0.2, 0) is 9.59 Å². The Kier molecular flexibility index (Phi) is 3.96. The van der Waals surface area contributed by atoms with Crippen molar-refractivity contribution in [2.75, 3.05) is 10.6 Å². The zero-order valence-electron chi connectivity index (χ0n) is 8.61. The van der Waals surface area contributed by atoms with Crippen LogP contribution in [0.1, 0.15) is 6.92 Å². The van der Waals surface area contributed by atoms with Crippen molar-refractivity contribution >= 4 is 40.4 Å². The van der Waals surface area contributed by atoms with Gasteiger partial charge in [0.1, 0.15) is 0 Å². The van der Waals surface area contributed by atoms with E-state index in [0.717, 1.165) is 0 Å². The average molecular weight is 237 g/mol. The lowest BCUT2D eigenvalue weighted by molar-refractivity contribution is -0.114. The summed E-state index contributed by atoms with van der Waals surface area (Å²) in [6.45, 7) is 1.42. The van der Waals surface area contributed by atoms with E-state index in [1.807, 2.05) is 0 Å². The van der Waals surface area contributed by atoms with Crippen LogP contribution in [0.15, 0.2) is 24.3 Å².